The Morgan fingerprint density at radius 1 is 1.20 bits per heavy atom. The van der Waals surface area contributed by atoms with Crippen molar-refractivity contribution in [1.82, 2.24) is 25.6 Å². The molecule has 0 unspecified atom stereocenters. The molecule has 0 atom stereocenters. The number of anilines is 1. The summed E-state index contributed by atoms with van der Waals surface area (Å²) < 4.78 is 0. The largest absolute Gasteiger partial charge is 0.369 e. The number of nitrogens with one attached hydrogen (secondary N) is 4. The van der Waals surface area contributed by atoms with Gasteiger partial charge in [0, 0.05) is 38.3 Å². The maximum Gasteiger partial charge on any atom is 0.314 e. The van der Waals surface area contributed by atoms with Crippen LogP contribution in [0.1, 0.15) is 7.85 Å². The minimum atomic E-state index is -0.180. The summed E-state index contributed by atoms with van der Waals surface area (Å²) in [5.41, 5.74) is 1.66. The van der Waals surface area contributed by atoms with Crippen LogP contribution in [0, 0.1) is 0 Å². The fourth-order valence-corrected chi connectivity index (χ4v) is 2.52. The van der Waals surface area contributed by atoms with Crippen LogP contribution in [0.5, 0.6) is 0 Å². The number of carbonyl (C=O) groups is 1. The molecular weight excluding hydrogens is 340 g/mol. The number of nitrogens with zero attached hydrogens (tertiary/aromatic N) is 2. The number of hydrogen-bond donors (Lipinski definition) is 4. The molecule has 0 aliphatic rings. The molecule has 0 spiro atoms. The lowest BCUT2D eigenvalue weighted by Gasteiger charge is -2.09. The summed E-state index contributed by atoms with van der Waals surface area (Å²) in [6.07, 6.45) is 2.61. The molecule has 0 aliphatic carbocycles. The lowest BCUT2D eigenvalue weighted by atomic mass is 10.2. The highest BCUT2D eigenvalue weighted by molar-refractivity contribution is 6.30. The zero-order valence-electron chi connectivity index (χ0n) is 13.8. The molecule has 3 rings (SSSR count). The SMILES string of the molecule is CNC(=O)NCCCNc1nc(-c2ccc(Cl)cc2)nc2[nH]ccc12.[HH]. The van der Waals surface area contributed by atoms with Crippen LogP contribution < -0.4 is 16.0 Å². The first-order chi connectivity index (χ1) is 12.2. The van der Waals surface area contributed by atoms with Gasteiger partial charge in [0.2, 0.25) is 0 Å². The standard InChI is InChI=1S/C17H19ClN6O.H2/c1-19-17(25)22-9-2-8-20-15-13-7-10-21-16(13)24-14(23-15)11-3-5-12(18)6-4-11;/h3-7,10H,2,8-9H2,1H3,(H2,19,22,25)(H2,20,21,23,24);1H. The third-order valence-corrected chi connectivity index (χ3v) is 3.93. The van der Waals surface area contributed by atoms with Gasteiger partial charge in [0.05, 0.1) is 5.39 Å². The predicted octanol–water partition coefficient (Wildman–Crippen LogP) is 3.26. The van der Waals surface area contributed by atoms with Crippen molar-refractivity contribution in [2.75, 3.05) is 25.5 Å². The minimum Gasteiger partial charge on any atom is -0.369 e. The number of H-pyrrole nitrogens is 1. The summed E-state index contributed by atoms with van der Waals surface area (Å²) in [6.45, 7) is 1.26. The van der Waals surface area contributed by atoms with Gasteiger partial charge in [-0.25, -0.2) is 14.8 Å². The molecule has 8 heteroatoms. The molecule has 0 fully saturated rings. The zero-order valence-corrected chi connectivity index (χ0v) is 14.5. The Labute approximate surface area is 151 Å². The van der Waals surface area contributed by atoms with E-state index in [1.165, 1.54) is 0 Å². The van der Waals surface area contributed by atoms with Crippen molar-refractivity contribution in [3.63, 3.8) is 0 Å². The zero-order chi connectivity index (χ0) is 17.6. The number of amides is 2. The maximum atomic E-state index is 11.1. The number of hydrogen-bond acceptors (Lipinski definition) is 4. The van der Waals surface area contributed by atoms with Gasteiger partial charge in [0.15, 0.2) is 5.82 Å². The van der Waals surface area contributed by atoms with Gasteiger partial charge in [0.25, 0.3) is 0 Å². The van der Waals surface area contributed by atoms with Gasteiger partial charge in [-0.15, -0.1) is 0 Å². The summed E-state index contributed by atoms with van der Waals surface area (Å²) in [5.74, 6) is 1.38. The molecular formula is C17H21ClN6O. The number of halogens is 1. The molecule has 2 heterocycles. The van der Waals surface area contributed by atoms with E-state index in [9.17, 15) is 4.79 Å². The molecule has 7 nitrogen and oxygen atoms in total. The molecule has 1 aromatic carbocycles. The summed E-state index contributed by atoms with van der Waals surface area (Å²) in [4.78, 5) is 23.5. The molecule has 0 saturated heterocycles. The van der Waals surface area contributed by atoms with Crippen LogP contribution in [0.15, 0.2) is 36.5 Å². The summed E-state index contributed by atoms with van der Waals surface area (Å²) in [7, 11) is 1.59. The first-order valence-corrected chi connectivity index (χ1v) is 8.35. The van der Waals surface area contributed by atoms with Crippen LogP contribution in [-0.2, 0) is 0 Å². The van der Waals surface area contributed by atoms with Crippen LogP contribution in [0.25, 0.3) is 22.4 Å². The molecule has 25 heavy (non-hydrogen) atoms. The first kappa shape index (κ1) is 17.0. The minimum absolute atomic E-state index is 0. The number of fused-ring (bicyclic) bond motifs is 1. The van der Waals surface area contributed by atoms with E-state index >= 15 is 0 Å². The predicted molar refractivity (Wildman–Crippen MR) is 102 cm³/mol. The van der Waals surface area contributed by atoms with Crippen LogP contribution in [0.4, 0.5) is 10.6 Å². The second-order valence-corrected chi connectivity index (χ2v) is 5.87. The first-order valence-electron chi connectivity index (χ1n) is 7.98. The molecule has 132 valence electrons. The third-order valence-electron chi connectivity index (χ3n) is 3.68. The van der Waals surface area contributed by atoms with Gasteiger partial charge in [-0.05, 0) is 36.8 Å². The van der Waals surface area contributed by atoms with E-state index in [4.69, 9.17) is 11.6 Å². The second kappa shape index (κ2) is 7.85. The maximum absolute atomic E-state index is 11.1. The van der Waals surface area contributed by atoms with E-state index in [-0.39, 0.29) is 7.46 Å². The van der Waals surface area contributed by atoms with E-state index in [1.807, 2.05) is 36.5 Å². The Morgan fingerprint density at radius 3 is 2.76 bits per heavy atom. The van der Waals surface area contributed by atoms with Crippen molar-refractivity contribution in [2.24, 2.45) is 0 Å². The smallest absolute Gasteiger partial charge is 0.314 e. The average molecular weight is 361 g/mol. The van der Waals surface area contributed by atoms with Gasteiger partial charge in [-0.2, -0.15) is 0 Å². The molecule has 0 saturated carbocycles. The number of aromatic amines is 1. The lowest BCUT2D eigenvalue weighted by molar-refractivity contribution is 0.243. The highest BCUT2D eigenvalue weighted by Crippen LogP contribution is 2.25. The van der Waals surface area contributed by atoms with Crippen molar-refractivity contribution in [3.05, 3.63) is 41.6 Å². The van der Waals surface area contributed by atoms with E-state index in [0.717, 1.165) is 28.8 Å². The number of rotatable bonds is 6. The van der Waals surface area contributed by atoms with Crippen molar-refractivity contribution in [3.8, 4) is 11.4 Å². The van der Waals surface area contributed by atoms with E-state index in [0.29, 0.717) is 23.9 Å². The van der Waals surface area contributed by atoms with Crippen molar-refractivity contribution >= 4 is 34.5 Å². The number of carbonyl (C=O) groups excluding carboxylic acids is 1. The van der Waals surface area contributed by atoms with E-state index in [2.05, 4.69) is 30.9 Å². The Morgan fingerprint density at radius 2 is 2.00 bits per heavy atom. The van der Waals surface area contributed by atoms with Gasteiger partial charge in [-0.3, -0.25) is 0 Å². The fraction of sp³-hybridized carbons (Fsp3) is 0.235. The number of urea groups is 1. The summed E-state index contributed by atoms with van der Waals surface area (Å²) >= 11 is 5.95. The van der Waals surface area contributed by atoms with Gasteiger partial charge in [-0.1, -0.05) is 11.6 Å². The monoisotopic (exact) mass is 360 g/mol. The highest BCUT2D eigenvalue weighted by Gasteiger charge is 2.10. The van der Waals surface area contributed by atoms with Crippen LogP contribution >= 0.6 is 11.6 Å². The summed E-state index contributed by atoms with van der Waals surface area (Å²) in [6, 6.07) is 9.17. The number of benzene rings is 1. The molecule has 0 bridgehead atoms. The fourth-order valence-electron chi connectivity index (χ4n) is 2.39. The normalized spacial score (nSPS) is 10.6. The van der Waals surface area contributed by atoms with Crippen molar-refractivity contribution in [2.45, 2.75) is 6.42 Å². The molecule has 0 aliphatic heterocycles. The average Bonchev–Trinajstić information content (AvgIpc) is 3.10. The summed E-state index contributed by atoms with van der Waals surface area (Å²) in [5, 5.41) is 10.2. The van der Waals surface area contributed by atoms with Crippen LogP contribution in [-0.4, -0.2) is 41.1 Å². The molecule has 2 amide bonds. The van der Waals surface area contributed by atoms with Gasteiger partial charge < -0.3 is 20.9 Å². The van der Waals surface area contributed by atoms with Crippen LogP contribution in [0.2, 0.25) is 5.02 Å². The Hall–Kier alpha value is -2.80. The lowest BCUT2D eigenvalue weighted by Crippen LogP contribution is -2.33. The Bertz CT molecular complexity index is 867. The number of aromatic nitrogens is 3. The second-order valence-electron chi connectivity index (χ2n) is 5.43. The van der Waals surface area contributed by atoms with E-state index < -0.39 is 0 Å². The Balaban J connectivity index is 0.00000243. The molecule has 2 aromatic heterocycles. The Kier molecular flexibility index (Phi) is 5.35. The highest BCUT2D eigenvalue weighted by atomic mass is 35.5. The van der Waals surface area contributed by atoms with Crippen molar-refractivity contribution in [1.29, 1.82) is 0 Å². The third kappa shape index (κ3) is 4.19. The van der Waals surface area contributed by atoms with Crippen molar-refractivity contribution < 1.29 is 6.22 Å². The molecule has 4 N–H and O–H groups in total. The topological polar surface area (TPSA) is 94.7 Å². The van der Waals surface area contributed by atoms with Crippen LogP contribution in [0.3, 0.4) is 0 Å². The molecule has 0 radical (unpaired) electrons. The molecule has 3 aromatic rings. The van der Waals surface area contributed by atoms with Gasteiger partial charge in [0.1, 0.15) is 11.5 Å². The quantitative estimate of drug-likeness (QED) is 0.507. The van der Waals surface area contributed by atoms with Gasteiger partial charge >= 0.3 is 6.03 Å². The van der Waals surface area contributed by atoms with E-state index in [1.54, 1.807) is 7.05 Å².